The Morgan fingerprint density at radius 3 is 1.47 bits per heavy atom. The molecule has 0 aliphatic rings. The highest BCUT2D eigenvalue weighted by Gasteiger charge is 2.33. The van der Waals surface area contributed by atoms with Gasteiger partial charge in [0.15, 0.2) is 0 Å². The largest absolute Gasteiger partial charge is 0.550 e. The molecule has 0 amide bonds. The molecule has 0 aromatic rings. The van der Waals surface area contributed by atoms with Crippen LogP contribution >= 0.6 is 0 Å². The van der Waals surface area contributed by atoms with Crippen LogP contribution in [-0.4, -0.2) is 11.8 Å². The van der Waals surface area contributed by atoms with Gasteiger partial charge in [0.05, 0.1) is 0 Å². The van der Waals surface area contributed by atoms with E-state index in [4.69, 9.17) is 4.74 Å². The summed E-state index contributed by atoms with van der Waals surface area (Å²) in [6.45, 7) is 6.34. The number of carbonyl (C=O) groups is 1. The van der Waals surface area contributed by atoms with Gasteiger partial charge < -0.3 is 4.74 Å². The van der Waals surface area contributed by atoms with Crippen molar-refractivity contribution in [3.05, 3.63) is 0 Å². The fourth-order valence-corrected chi connectivity index (χ4v) is 2.20. The van der Waals surface area contributed by atoms with Gasteiger partial charge in [-0.15, -0.1) is 0 Å². The summed E-state index contributed by atoms with van der Waals surface area (Å²) in [6.07, 6.45) is 7.37. The predicted octanol–water partition coefficient (Wildman–Crippen LogP) is 4.86. The van der Waals surface area contributed by atoms with E-state index in [2.05, 4.69) is 20.8 Å². The highest BCUT2D eigenvalue weighted by atomic mass is 16.7. The van der Waals surface area contributed by atoms with E-state index in [0.29, 0.717) is 0 Å². The van der Waals surface area contributed by atoms with Crippen LogP contribution in [-0.2, 0) is 9.84 Å². The summed E-state index contributed by atoms with van der Waals surface area (Å²) in [5.41, 5.74) is -0.485. The maximum atomic E-state index is 10.8. The number of carbonyl (C=O) groups excluding carboxylic acids is 1. The zero-order valence-corrected chi connectivity index (χ0v) is 11.6. The van der Waals surface area contributed by atoms with Crippen LogP contribution in [0.4, 0.5) is 4.79 Å². The molecule has 101 valence electrons. The lowest BCUT2D eigenvalue weighted by Crippen LogP contribution is -2.34. The van der Waals surface area contributed by atoms with Gasteiger partial charge in [0.2, 0.25) is 0 Å². The number of ether oxygens (including phenoxy) is 1. The van der Waals surface area contributed by atoms with Crippen molar-refractivity contribution < 1.29 is 14.6 Å². The normalized spacial score (nSPS) is 11.5. The van der Waals surface area contributed by atoms with Gasteiger partial charge in [-0.1, -0.05) is 40.0 Å². The van der Waals surface area contributed by atoms with E-state index >= 15 is 0 Å². The molecule has 0 N–H and O–H groups in total. The first-order valence-corrected chi connectivity index (χ1v) is 7.00. The Balaban J connectivity index is 4.56. The van der Waals surface area contributed by atoms with Crippen LogP contribution in [0.3, 0.4) is 0 Å². The summed E-state index contributed by atoms with van der Waals surface area (Å²) in [5, 5.41) is 10.8. The van der Waals surface area contributed by atoms with E-state index < -0.39 is 11.8 Å². The van der Waals surface area contributed by atoms with Gasteiger partial charge in [-0.3, -0.25) is 0 Å². The van der Waals surface area contributed by atoms with E-state index in [1.54, 1.807) is 0 Å². The summed E-state index contributed by atoms with van der Waals surface area (Å²) in [7, 11) is 0. The van der Waals surface area contributed by atoms with Crippen LogP contribution in [0.2, 0.25) is 0 Å². The molecule has 0 aromatic carbocycles. The summed E-state index contributed by atoms with van der Waals surface area (Å²) in [4.78, 5) is 10.8. The molecule has 0 fully saturated rings. The third-order valence-electron chi connectivity index (χ3n) is 3.26. The van der Waals surface area contributed by atoms with E-state index in [0.717, 1.165) is 57.8 Å². The minimum absolute atomic E-state index is 0.485. The molecule has 0 spiro atoms. The molecule has 0 saturated carbocycles. The molecule has 0 bridgehead atoms. The molecule has 3 nitrogen and oxygen atoms in total. The van der Waals surface area contributed by atoms with Crippen molar-refractivity contribution in [2.45, 2.75) is 84.2 Å². The van der Waals surface area contributed by atoms with Gasteiger partial charge in [-0.25, -0.2) is 0 Å². The first-order valence-electron chi connectivity index (χ1n) is 7.00. The monoisotopic (exact) mass is 243 g/mol. The van der Waals surface area contributed by atoms with Crippen LogP contribution in [0.1, 0.15) is 78.6 Å². The Morgan fingerprint density at radius 2 is 1.24 bits per heavy atom. The molecule has 3 heteroatoms. The molecule has 0 atom stereocenters. The van der Waals surface area contributed by atoms with Crippen molar-refractivity contribution >= 4 is 6.16 Å². The molecule has 0 aromatic heterocycles. The highest BCUT2D eigenvalue weighted by molar-refractivity contribution is 5.57. The number of hydrogen-bond acceptors (Lipinski definition) is 2. The van der Waals surface area contributed by atoms with Gasteiger partial charge in [-0.05, 0) is 38.5 Å². The highest BCUT2D eigenvalue weighted by Crippen LogP contribution is 2.31. The lowest BCUT2D eigenvalue weighted by molar-refractivity contribution is -0.0498. The summed E-state index contributed by atoms with van der Waals surface area (Å²) in [6, 6.07) is 0. The molecular weight excluding hydrogens is 216 g/mol. The smallest absolute Gasteiger partial charge is 0.425 e. The van der Waals surface area contributed by atoms with Gasteiger partial charge >= 0.3 is 6.16 Å². The van der Waals surface area contributed by atoms with E-state index in [9.17, 15) is 9.90 Å². The molecule has 0 unspecified atom stereocenters. The lowest BCUT2D eigenvalue weighted by atomic mass is 9.86. The van der Waals surface area contributed by atoms with Gasteiger partial charge in [-0.2, -0.15) is 9.90 Å². The van der Waals surface area contributed by atoms with Crippen LogP contribution in [0.25, 0.3) is 0 Å². The van der Waals surface area contributed by atoms with E-state index in [-0.39, 0.29) is 0 Å². The molecule has 0 rings (SSSR count). The van der Waals surface area contributed by atoms with E-state index in [1.165, 1.54) is 0 Å². The van der Waals surface area contributed by atoms with Crippen LogP contribution in [0, 0.1) is 0 Å². The number of hydrogen-bond donors (Lipinski definition) is 0. The summed E-state index contributed by atoms with van der Waals surface area (Å²) < 4.78 is 5.15. The second-order valence-corrected chi connectivity index (χ2v) is 4.85. The lowest BCUT2D eigenvalue weighted by Gasteiger charge is -2.32. The molecule has 0 saturated heterocycles. The first-order chi connectivity index (χ1) is 8.10. The zero-order valence-electron chi connectivity index (χ0n) is 11.6. The van der Waals surface area contributed by atoms with Crippen LogP contribution in [0.15, 0.2) is 0 Å². The Kier molecular flexibility index (Phi) is 8.92. The molecule has 1 radical (unpaired) electrons. The van der Waals surface area contributed by atoms with Crippen molar-refractivity contribution in [2.75, 3.05) is 0 Å². The standard InChI is InChI=1S/C14H27O3/c1-4-7-10-14(11-8-5-2,12-9-6-3)17-13(15)16/h4-12H2,1-3H3. The quantitative estimate of drug-likeness (QED) is 0.514. The van der Waals surface area contributed by atoms with E-state index in [1.807, 2.05) is 0 Å². The van der Waals surface area contributed by atoms with Crippen LogP contribution < -0.4 is 0 Å². The molecule has 0 heterocycles. The van der Waals surface area contributed by atoms with Crippen molar-refractivity contribution in [1.29, 1.82) is 0 Å². The predicted molar refractivity (Wildman–Crippen MR) is 68.5 cm³/mol. The third kappa shape index (κ3) is 7.24. The average Bonchev–Trinajstić information content (AvgIpc) is 2.30. The minimum Gasteiger partial charge on any atom is -0.425 e. The Labute approximate surface area is 106 Å². The van der Waals surface area contributed by atoms with Crippen molar-refractivity contribution in [3.8, 4) is 0 Å². The first kappa shape index (κ1) is 16.3. The Bertz CT molecular complexity index is 180. The van der Waals surface area contributed by atoms with Crippen molar-refractivity contribution in [2.24, 2.45) is 0 Å². The molecule has 0 aliphatic carbocycles. The maximum Gasteiger partial charge on any atom is 0.550 e. The van der Waals surface area contributed by atoms with Crippen molar-refractivity contribution in [1.82, 2.24) is 0 Å². The summed E-state index contributed by atoms with van der Waals surface area (Å²) >= 11 is 0. The fourth-order valence-electron chi connectivity index (χ4n) is 2.20. The third-order valence-corrected chi connectivity index (χ3v) is 3.26. The molecular formula is C14H27O3. The maximum absolute atomic E-state index is 10.8. The Hall–Kier alpha value is -0.730. The second kappa shape index (κ2) is 9.32. The second-order valence-electron chi connectivity index (χ2n) is 4.85. The molecule has 17 heavy (non-hydrogen) atoms. The number of unbranched alkanes of at least 4 members (excludes halogenated alkanes) is 3. The SMILES string of the molecule is CCCCC(CCCC)(CCCC)OC([O])=O. The zero-order chi connectivity index (χ0) is 13.1. The van der Waals surface area contributed by atoms with Crippen LogP contribution in [0.5, 0.6) is 0 Å². The van der Waals surface area contributed by atoms with Crippen molar-refractivity contribution in [3.63, 3.8) is 0 Å². The summed E-state index contributed by atoms with van der Waals surface area (Å²) in [5.74, 6) is 0. The van der Waals surface area contributed by atoms with Gasteiger partial charge in [0.25, 0.3) is 0 Å². The number of rotatable bonds is 10. The Morgan fingerprint density at radius 1 is 0.882 bits per heavy atom. The topological polar surface area (TPSA) is 46.2 Å². The van der Waals surface area contributed by atoms with Gasteiger partial charge in [0, 0.05) is 0 Å². The molecule has 0 aliphatic heterocycles. The van der Waals surface area contributed by atoms with Gasteiger partial charge in [0.1, 0.15) is 5.60 Å². The minimum atomic E-state index is -1.37. The fraction of sp³-hybridized carbons (Fsp3) is 0.929. The average molecular weight is 243 g/mol.